The monoisotopic (exact) mass is 212 g/mol. The van der Waals surface area contributed by atoms with Gasteiger partial charge in [-0.25, -0.2) is 8.78 Å². The van der Waals surface area contributed by atoms with Gasteiger partial charge in [-0.05, 0) is 24.3 Å². The van der Waals surface area contributed by atoms with E-state index in [-0.39, 0.29) is 0 Å². The first-order chi connectivity index (χ1) is 6.63. The predicted octanol–water partition coefficient (Wildman–Crippen LogP) is 2.56. The summed E-state index contributed by atoms with van der Waals surface area (Å²) in [6.45, 7) is 0. The fourth-order valence-corrected chi connectivity index (χ4v) is 0.943. The van der Waals surface area contributed by atoms with Crippen LogP contribution in [0, 0.1) is 11.3 Å². The van der Waals surface area contributed by atoms with Crippen molar-refractivity contribution in [3.63, 3.8) is 0 Å². The van der Waals surface area contributed by atoms with E-state index in [1.165, 1.54) is 24.3 Å². The minimum Gasteiger partial charge on any atom is -0.345 e. The Morgan fingerprint density at radius 3 is 2.36 bits per heavy atom. The van der Waals surface area contributed by atoms with Gasteiger partial charge in [0.1, 0.15) is 4.99 Å². The van der Waals surface area contributed by atoms with Crippen molar-refractivity contribution in [1.82, 2.24) is 0 Å². The molecule has 1 rings (SSSR count). The molecule has 0 aliphatic rings. The molecule has 0 spiro atoms. The van der Waals surface area contributed by atoms with E-state index in [2.05, 4.69) is 17.5 Å². The van der Waals surface area contributed by atoms with Gasteiger partial charge in [-0.15, -0.1) is 0 Å². The average Bonchev–Trinajstić information content (AvgIpc) is 2.19. The summed E-state index contributed by atoms with van der Waals surface area (Å²) < 4.78 is 24.0. The van der Waals surface area contributed by atoms with Crippen LogP contribution in [0.15, 0.2) is 24.3 Å². The van der Waals surface area contributed by atoms with E-state index in [1.54, 1.807) is 0 Å². The van der Waals surface area contributed by atoms with Crippen LogP contribution in [0.25, 0.3) is 0 Å². The van der Waals surface area contributed by atoms with Gasteiger partial charge in [0.2, 0.25) is 0 Å². The molecule has 0 fully saturated rings. The zero-order chi connectivity index (χ0) is 10.6. The second-order valence-corrected chi connectivity index (χ2v) is 2.92. The highest BCUT2D eigenvalue weighted by atomic mass is 32.1. The second-order valence-electron chi connectivity index (χ2n) is 2.48. The Labute approximate surface area is 85.2 Å². The normalized spacial score (nSPS) is 9.57. The van der Waals surface area contributed by atoms with Gasteiger partial charge in [-0.1, -0.05) is 12.2 Å². The summed E-state index contributed by atoms with van der Waals surface area (Å²) in [7, 11) is 0. The first-order valence-electron chi connectivity index (χ1n) is 3.72. The number of hydrogen-bond donors (Lipinski definition) is 1. The van der Waals surface area contributed by atoms with Gasteiger partial charge in [-0.2, -0.15) is 5.26 Å². The van der Waals surface area contributed by atoms with Crippen molar-refractivity contribution in [2.75, 3.05) is 5.32 Å². The number of halogens is 2. The number of anilines is 1. The molecule has 0 saturated heterocycles. The quantitative estimate of drug-likeness (QED) is 0.765. The van der Waals surface area contributed by atoms with Crippen molar-refractivity contribution >= 4 is 22.9 Å². The molecule has 0 atom stereocenters. The lowest BCUT2D eigenvalue weighted by atomic mass is 10.2. The van der Waals surface area contributed by atoms with Crippen molar-refractivity contribution in [3.8, 4) is 6.07 Å². The minimum atomic E-state index is -2.67. The average molecular weight is 212 g/mol. The van der Waals surface area contributed by atoms with Crippen LogP contribution < -0.4 is 5.32 Å². The molecule has 0 radical (unpaired) electrons. The van der Waals surface area contributed by atoms with E-state index in [4.69, 9.17) is 5.26 Å². The molecule has 1 N–H and O–H groups in total. The smallest absolute Gasteiger partial charge is 0.288 e. The van der Waals surface area contributed by atoms with E-state index in [0.717, 1.165) is 0 Å². The van der Waals surface area contributed by atoms with Crippen LogP contribution in [-0.4, -0.2) is 11.4 Å². The van der Waals surface area contributed by atoms with Gasteiger partial charge in [0.05, 0.1) is 11.6 Å². The van der Waals surface area contributed by atoms with E-state index in [0.29, 0.717) is 11.3 Å². The Hall–Kier alpha value is -1.54. The molecule has 14 heavy (non-hydrogen) atoms. The third-order valence-corrected chi connectivity index (χ3v) is 1.76. The van der Waals surface area contributed by atoms with E-state index >= 15 is 0 Å². The van der Waals surface area contributed by atoms with Gasteiger partial charge in [-0.3, -0.25) is 0 Å². The van der Waals surface area contributed by atoms with Crippen LogP contribution in [-0.2, 0) is 0 Å². The predicted molar refractivity (Wildman–Crippen MR) is 53.4 cm³/mol. The fourth-order valence-electron chi connectivity index (χ4n) is 0.825. The van der Waals surface area contributed by atoms with Crippen molar-refractivity contribution < 1.29 is 8.78 Å². The van der Waals surface area contributed by atoms with Crippen LogP contribution in [0.1, 0.15) is 5.56 Å². The molecule has 2 nitrogen and oxygen atoms in total. The van der Waals surface area contributed by atoms with Gasteiger partial charge in [0.25, 0.3) is 6.43 Å². The molecule has 5 heteroatoms. The standard InChI is InChI=1S/C9H6F2N2S/c10-8(11)9(14)13-7-3-1-6(5-12)2-4-7/h1-4,8H,(H,13,14). The molecular weight excluding hydrogens is 206 g/mol. The summed E-state index contributed by atoms with van der Waals surface area (Å²) in [6, 6.07) is 8.01. The molecule has 0 unspecified atom stereocenters. The molecule has 0 amide bonds. The number of rotatable bonds is 2. The topological polar surface area (TPSA) is 35.8 Å². The number of hydrogen-bond acceptors (Lipinski definition) is 2. The molecule has 0 aliphatic carbocycles. The molecule has 0 aliphatic heterocycles. The van der Waals surface area contributed by atoms with E-state index in [1.807, 2.05) is 6.07 Å². The lowest BCUT2D eigenvalue weighted by Crippen LogP contribution is -2.17. The largest absolute Gasteiger partial charge is 0.345 e. The molecule has 0 bridgehead atoms. The summed E-state index contributed by atoms with van der Waals surface area (Å²) in [5, 5.41) is 10.8. The first-order valence-corrected chi connectivity index (χ1v) is 4.13. The zero-order valence-electron chi connectivity index (χ0n) is 7.00. The van der Waals surface area contributed by atoms with Crippen molar-refractivity contribution in [2.45, 2.75) is 6.43 Å². The van der Waals surface area contributed by atoms with E-state index < -0.39 is 11.4 Å². The highest BCUT2D eigenvalue weighted by Crippen LogP contribution is 2.10. The summed E-state index contributed by atoms with van der Waals surface area (Å²) in [4.78, 5) is -0.519. The lowest BCUT2D eigenvalue weighted by molar-refractivity contribution is 0.228. The van der Waals surface area contributed by atoms with Gasteiger partial charge in [0.15, 0.2) is 0 Å². The summed E-state index contributed by atoms with van der Waals surface area (Å²) in [6.07, 6.45) is -2.67. The van der Waals surface area contributed by atoms with Crippen molar-refractivity contribution in [3.05, 3.63) is 29.8 Å². The third-order valence-electron chi connectivity index (χ3n) is 1.48. The Morgan fingerprint density at radius 2 is 1.93 bits per heavy atom. The van der Waals surface area contributed by atoms with Crippen LogP contribution >= 0.6 is 12.2 Å². The number of alkyl halides is 2. The zero-order valence-corrected chi connectivity index (χ0v) is 7.81. The second kappa shape index (κ2) is 4.63. The number of nitriles is 1. The maximum Gasteiger partial charge on any atom is 0.288 e. The number of nitrogens with zero attached hydrogens (tertiary/aromatic N) is 1. The molecule has 0 heterocycles. The Morgan fingerprint density at radius 1 is 1.36 bits per heavy atom. The number of thiocarbonyl (C=S) groups is 1. The number of nitrogens with one attached hydrogen (secondary N) is 1. The van der Waals surface area contributed by atoms with Gasteiger partial charge >= 0.3 is 0 Å². The van der Waals surface area contributed by atoms with E-state index in [9.17, 15) is 8.78 Å². The van der Waals surface area contributed by atoms with Gasteiger partial charge in [0, 0.05) is 5.69 Å². The fraction of sp³-hybridized carbons (Fsp3) is 0.111. The SMILES string of the molecule is N#Cc1ccc(NC(=S)C(F)F)cc1. The maximum atomic E-state index is 12.0. The van der Waals surface area contributed by atoms with Crippen molar-refractivity contribution in [2.24, 2.45) is 0 Å². The molecule has 72 valence electrons. The third kappa shape index (κ3) is 2.75. The Balaban J connectivity index is 2.70. The molecule has 1 aromatic rings. The molecule has 0 aromatic heterocycles. The summed E-state index contributed by atoms with van der Waals surface area (Å²) in [5.41, 5.74) is 0.924. The van der Waals surface area contributed by atoms with Gasteiger partial charge < -0.3 is 5.32 Å². The van der Waals surface area contributed by atoms with Crippen LogP contribution in [0.3, 0.4) is 0 Å². The minimum absolute atomic E-state index is 0.453. The number of benzene rings is 1. The Kier molecular flexibility index (Phi) is 3.48. The highest BCUT2D eigenvalue weighted by molar-refractivity contribution is 7.80. The molecular formula is C9H6F2N2S. The highest BCUT2D eigenvalue weighted by Gasteiger charge is 2.09. The molecule has 1 aromatic carbocycles. The summed E-state index contributed by atoms with van der Waals surface area (Å²) in [5.74, 6) is 0. The van der Waals surface area contributed by atoms with Crippen LogP contribution in [0.2, 0.25) is 0 Å². The van der Waals surface area contributed by atoms with Crippen molar-refractivity contribution in [1.29, 1.82) is 5.26 Å². The maximum absolute atomic E-state index is 12.0. The van der Waals surface area contributed by atoms with Crippen LogP contribution in [0.4, 0.5) is 14.5 Å². The summed E-state index contributed by atoms with van der Waals surface area (Å²) >= 11 is 4.40. The lowest BCUT2D eigenvalue weighted by Gasteiger charge is -2.05. The first kappa shape index (κ1) is 10.5. The molecule has 0 saturated carbocycles. The Bertz CT molecular complexity index is 367. The van der Waals surface area contributed by atoms with Crippen LogP contribution in [0.5, 0.6) is 0 Å².